The Kier molecular flexibility index (Phi) is 21.7. The van der Waals surface area contributed by atoms with Gasteiger partial charge in [-0.05, 0) is 0 Å². The van der Waals surface area contributed by atoms with Gasteiger partial charge in [-0.1, -0.05) is 0 Å². The summed E-state index contributed by atoms with van der Waals surface area (Å²) in [5.41, 5.74) is 0. The van der Waals surface area contributed by atoms with E-state index in [9.17, 15) is 18.0 Å². The topological polar surface area (TPSA) is 129 Å². The molecule has 10 heteroatoms. The first-order chi connectivity index (χ1) is 6.19. The van der Waals surface area contributed by atoms with Gasteiger partial charge in [0, 0.05) is 12.2 Å². The van der Waals surface area contributed by atoms with E-state index in [1.54, 1.807) is 0 Å². The summed E-state index contributed by atoms with van der Waals surface area (Å²) in [5, 5.41) is 15.6. The quantitative estimate of drug-likeness (QED) is 0.202. The molecule has 0 aromatic rings. The maximum Gasteiger partial charge on any atom is 1.00 e. The Morgan fingerprint density at radius 3 is 1.38 bits per heavy atom. The summed E-state index contributed by atoms with van der Waals surface area (Å²) >= 11 is 0. The fourth-order valence-electron chi connectivity index (χ4n) is 0.143. The maximum atomic E-state index is 9.55. The SMILES string of the molecule is C[CH-]S(=O)(=O)O.O=C(O)C=CC(=O)O.[H-].[Na+].[Na+]. The molecule has 0 aromatic heterocycles. The van der Waals surface area contributed by atoms with Gasteiger partial charge in [-0.2, -0.15) is 12.7 Å². The predicted octanol–water partition coefficient (Wildman–Crippen LogP) is -6.11. The van der Waals surface area contributed by atoms with Gasteiger partial charge in [0.1, 0.15) is 10.1 Å². The fourth-order valence-corrected chi connectivity index (χ4v) is 0.143. The van der Waals surface area contributed by atoms with Crippen LogP contribution in [0.3, 0.4) is 0 Å². The van der Waals surface area contributed by atoms with Gasteiger partial charge in [0.15, 0.2) is 0 Å². The second-order valence-corrected chi connectivity index (χ2v) is 3.26. The van der Waals surface area contributed by atoms with Gasteiger partial charge in [-0.3, -0.25) is 0 Å². The Balaban J connectivity index is -0.0000000493. The number of carboxylic acid groups (broad SMARTS) is 2. The third kappa shape index (κ3) is 36.5. The van der Waals surface area contributed by atoms with Crippen molar-refractivity contribution >= 4 is 22.1 Å². The minimum absolute atomic E-state index is 0. The Morgan fingerprint density at radius 2 is 1.31 bits per heavy atom. The number of rotatable bonds is 3. The van der Waals surface area contributed by atoms with Crippen LogP contribution in [0.5, 0.6) is 0 Å². The van der Waals surface area contributed by atoms with Crippen molar-refractivity contribution in [2.75, 3.05) is 0 Å². The van der Waals surface area contributed by atoms with E-state index in [0.29, 0.717) is 17.9 Å². The summed E-state index contributed by atoms with van der Waals surface area (Å²) in [6.07, 6.45) is 1.12. The van der Waals surface area contributed by atoms with Crippen molar-refractivity contribution in [1.29, 1.82) is 0 Å². The molecule has 0 fully saturated rings. The summed E-state index contributed by atoms with van der Waals surface area (Å²) in [5.74, 6) is -1.80. The summed E-state index contributed by atoms with van der Waals surface area (Å²) < 4.78 is 26.7. The van der Waals surface area contributed by atoms with Crippen LogP contribution in [0.2, 0.25) is 0 Å². The van der Waals surface area contributed by atoms with Crippen LogP contribution < -0.4 is 59.1 Å². The Hall–Kier alpha value is 0.590. The molecule has 0 unspecified atom stereocenters. The van der Waals surface area contributed by atoms with Crippen molar-refractivity contribution in [3.8, 4) is 0 Å². The van der Waals surface area contributed by atoms with Crippen LogP contribution >= 0.6 is 0 Å². The second-order valence-electron chi connectivity index (χ2n) is 1.76. The van der Waals surface area contributed by atoms with Crippen LogP contribution in [0.15, 0.2) is 12.2 Å². The first kappa shape index (κ1) is 25.4. The van der Waals surface area contributed by atoms with E-state index in [4.69, 9.17) is 14.8 Å². The minimum atomic E-state index is -3.79. The zero-order chi connectivity index (χ0) is 11.8. The Labute approximate surface area is 139 Å². The van der Waals surface area contributed by atoms with Gasteiger partial charge in [0.05, 0.1) is 0 Å². The van der Waals surface area contributed by atoms with E-state index < -0.39 is 22.1 Å². The van der Waals surface area contributed by atoms with E-state index in [2.05, 4.69) is 0 Å². The predicted molar refractivity (Wildman–Crippen MR) is 47.0 cm³/mol. The molecule has 0 saturated heterocycles. The third-order valence-corrected chi connectivity index (χ3v) is 1.26. The molecule has 0 heterocycles. The zero-order valence-electron chi connectivity index (χ0n) is 10.1. The summed E-state index contributed by atoms with van der Waals surface area (Å²) in [7, 11) is -3.79. The summed E-state index contributed by atoms with van der Waals surface area (Å²) in [6.45, 7) is 1.25. The van der Waals surface area contributed by atoms with E-state index >= 15 is 0 Å². The molecule has 84 valence electrons. The summed E-state index contributed by atoms with van der Waals surface area (Å²) in [4.78, 5) is 19.1. The molecule has 0 aromatic carbocycles. The van der Waals surface area contributed by atoms with E-state index in [-0.39, 0.29) is 60.5 Å². The molecular weight excluding hydrogens is 262 g/mol. The Bertz CT molecular complexity index is 311. The normalized spacial score (nSPS) is 9.12. The molecule has 0 radical (unpaired) electrons. The number of carboxylic acids is 2. The number of hydrogen-bond donors (Lipinski definition) is 3. The third-order valence-electron chi connectivity index (χ3n) is 0.666. The summed E-state index contributed by atoms with van der Waals surface area (Å²) in [6, 6.07) is 0. The molecule has 3 N–H and O–H groups in total. The molecule has 16 heavy (non-hydrogen) atoms. The number of carbonyl (C=O) groups is 2. The van der Waals surface area contributed by atoms with Crippen molar-refractivity contribution < 1.29 is 93.3 Å². The molecule has 0 bridgehead atoms. The number of hydrogen-bond acceptors (Lipinski definition) is 4. The van der Waals surface area contributed by atoms with Gasteiger partial charge < -0.3 is 16.2 Å². The standard InChI is InChI=1S/C4H4O4.C2H5O3S.2Na.H/c5-3(6)1-2-4(7)8;1-2-6(3,4)5;;;/h1-2H,(H,5,6)(H,7,8);2H,1H3,(H,3,4,5);;;/q;-1;2*+1;-1. The first-order valence-electron chi connectivity index (χ1n) is 3.10. The van der Waals surface area contributed by atoms with E-state index in [1.807, 2.05) is 0 Å². The van der Waals surface area contributed by atoms with Crippen molar-refractivity contribution in [2.45, 2.75) is 6.92 Å². The second kappa shape index (κ2) is 13.7. The van der Waals surface area contributed by atoms with Crippen molar-refractivity contribution in [3.05, 3.63) is 17.9 Å². The van der Waals surface area contributed by atoms with Crippen LogP contribution in [0.4, 0.5) is 0 Å². The molecule has 0 spiro atoms. The molecule has 0 aliphatic rings. The molecule has 7 nitrogen and oxygen atoms in total. The van der Waals surface area contributed by atoms with Crippen LogP contribution in [0, 0.1) is 5.75 Å². The molecule has 0 rings (SSSR count). The van der Waals surface area contributed by atoms with Crippen molar-refractivity contribution in [1.82, 2.24) is 0 Å². The average molecular weight is 272 g/mol. The smallest absolute Gasteiger partial charge is 1.00 e. The molecular formula is C6H10Na2O7S. The molecule has 0 saturated carbocycles. The monoisotopic (exact) mass is 272 g/mol. The molecule has 0 aliphatic heterocycles. The van der Waals surface area contributed by atoms with Gasteiger partial charge in [-0.25, -0.2) is 18.0 Å². The largest absolute Gasteiger partial charge is 1.00 e. The molecule has 0 atom stereocenters. The van der Waals surface area contributed by atoms with E-state index in [1.165, 1.54) is 6.92 Å². The number of aliphatic carboxylic acids is 2. The molecule has 0 aliphatic carbocycles. The van der Waals surface area contributed by atoms with Crippen molar-refractivity contribution in [3.63, 3.8) is 0 Å². The van der Waals surface area contributed by atoms with Crippen LogP contribution in [-0.2, 0) is 19.7 Å². The van der Waals surface area contributed by atoms with Gasteiger partial charge >= 0.3 is 71.1 Å². The van der Waals surface area contributed by atoms with Gasteiger partial charge in [0.25, 0.3) is 0 Å². The van der Waals surface area contributed by atoms with Crippen molar-refractivity contribution in [2.24, 2.45) is 0 Å². The van der Waals surface area contributed by atoms with E-state index in [0.717, 1.165) is 0 Å². The first-order valence-corrected chi connectivity index (χ1v) is 4.60. The zero-order valence-corrected chi connectivity index (χ0v) is 13.9. The van der Waals surface area contributed by atoms with Gasteiger partial charge in [0.2, 0.25) is 0 Å². The molecule has 0 amide bonds. The fraction of sp³-hybridized carbons (Fsp3) is 0.167. The van der Waals surface area contributed by atoms with Gasteiger partial charge in [-0.15, -0.1) is 0 Å². The van der Waals surface area contributed by atoms with Crippen LogP contribution in [0.25, 0.3) is 0 Å². The van der Waals surface area contributed by atoms with Crippen LogP contribution in [0.1, 0.15) is 8.35 Å². The minimum Gasteiger partial charge on any atom is -1.00 e. The van der Waals surface area contributed by atoms with Crippen LogP contribution in [-0.4, -0.2) is 35.1 Å². The Morgan fingerprint density at radius 1 is 1.12 bits per heavy atom. The average Bonchev–Trinajstić information content (AvgIpc) is 2.01. The maximum absolute atomic E-state index is 9.55.